The lowest BCUT2D eigenvalue weighted by atomic mass is 10.1. The van der Waals surface area contributed by atoms with Crippen molar-refractivity contribution in [3.8, 4) is 0 Å². The van der Waals surface area contributed by atoms with E-state index < -0.39 is 15.8 Å². The van der Waals surface area contributed by atoms with E-state index in [1.165, 1.54) is 33.0 Å². The number of nitrogens with one attached hydrogen (secondary N) is 1. The van der Waals surface area contributed by atoms with E-state index in [1.54, 1.807) is 0 Å². The molecule has 0 aliphatic carbocycles. The third-order valence-electron chi connectivity index (χ3n) is 2.49. The first-order chi connectivity index (χ1) is 8.16. The summed E-state index contributed by atoms with van der Waals surface area (Å²) in [7, 11) is -2.43. The number of sulfonamides is 1. The summed E-state index contributed by atoms with van der Waals surface area (Å²) in [5, 5.41) is 7.12. The monoisotopic (exact) mass is 273 g/mol. The van der Waals surface area contributed by atoms with Crippen LogP contribution in [0.2, 0.25) is 0 Å². The Morgan fingerprint density at radius 1 is 1.39 bits per heavy atom. The fourth-order valence-corrected chi connectivity index (χ4v) is 3.34. The predicted octanol–water partition coefficient (Wildman–Crippen LogP) is 0.999. The molecule has 0 radical (unpaired) electrons. The molecule has 0 fully saturated rings. The summed E-state index contributed by atoms with van der Waals surface area (Å²) in [6.45, 7) is 2.87. The lowest BCUT2D eigenvalue weighted by Gasteiger charge is -2.19. The Morgan fingerprint density at radius 2 is 1.83 bits per heavy atom. The number of rotatable bonds is 4. The third-order valence-corrected chi connectivity index (χ3v) is 4.60. The molecule has 1 rings (SSSR count). The van der Waals surface area contributed by atoms with Crippen LogP contribution >= 0.6 is 0 Å². The van der Waals surface area contributed by atoms with Crippen LogP contribution in [0.1, 0.15) is 11.1 Å². The molecule has 18 heavy (non-hydrogen) atoms. The number of amidine groups is 1. The van der Waals surface area contributed by atoms with Gasteiger partial charge in [-0.05, 0) is 37.1 Å². The second kappa shape index (κ2) is 5.03. The van der Waals surface area contributed by atoms with E-state index >= 15 is 0 Å². The van der Waals surface area contributed by atoms with Crippen molar-refractivity contribution < 1.29 is 12.8 Å². The maximum absolute atomic E-state index is 13.1. The van der Waals surface area contributed by atoms with Gasteiger partial charge in [-0.1, -0.05) is 0 Å². The first-order valence-corrected chi connectivity index (χ1v) is 6.66. The van der Waals surface area contributed by atoms with E-state index in [0.29, 0.717) is 11.1 Å². The molecule has 0 saturated heterocycles. The summed E-state index contributed by atoms with van der Waals surface area (Å²) in [6.07, 6.45) is 0. The topological polar surface area (TPSA) is 87.2 Å². The van der Waals surface area contributed by atoms with Gasteiger partial charge in [0.05, 0.1) is 11.4 Å². The molecule has 0 heterocycles. The maximum Gasteiger partial charge on any atom is 0.243 e. The lowest BCUT2D eigenvalue weighted by Crippen LogP contribution is -2.35. The number of nitrogens with zero attached hydrogens (tertiary/aromatic N) is 1. The number of hydrogen-bond acceptors (Lipinski definition) is 3. The zero-order chi connectivity index (χ0) is 14.1. The molecule has 0 atom stereocenters. The number of nitrogens with two attached hydrogens (primary N) is 1. The first kappa shape index (κ1) is 14.6. The minimum Gasteiger partial charge on any atom is -0.387 e. The van der Waals surface area contributed by atoms with E-state index in [0.717, 1.165) is 4.31 Å². The molecule has 5 nitrogen and oxygen atoms in total. The molecular formula is C11H16FN3O2S. The summed E-state index contributed by atoms with van der Waals surface area (Å²) in [5.41, 5.74) is 5.86. The summed E-state index contributed by atoms with van der Waals surface area (Å²) in [5.74, 6) is -0.725. The normalized spacial score (nSPS) is 11.8. The van der Waals surface area contributed by atoms with Crippen molar-refractivity contribution in [1.29, 1.82) is 5.41 Å². The summed E-state index contributed by atoms with van der Waals surface area (Å²) < 4.78 is 38.7. The fourth-order valence-electron chi connectivity index (χ4n) is 1.79. The highest BCUT2D eigenvalue weighted by atomic mass is 32.2. The Morgan fingerprint density at radius 3 is 2.22 bits per heavy atom. The molecule has 0 aromatic heterocycles. The van der Waals surface area contributed by atoms with Crippen molar-refractivity contribution in [2.75, 3.05) is 13.6 Å². The van der Waals surface area contributed by atoms with Gasteiger partial charge in [0.2, 0.25) is 10.0 Å². The minimum absolute atomic E-state index is 0.0626. The Hall–Kier alpha value is -1.47. The molecular weight excluding hydrogens is 257 g/mol. The van der Waals surface area contributed by atoms with Crippen LogP contribution in [-0.4, -0.2) is 32.2 Å². The van der Waals surface area contributed by atoms with Gasteiger partial charge >= 0.3 is 0 Å². The van der Waals surface area contributed by atoms with Gasteiger partial charge in [0.1, 0.15) is 11.7 Å². The molecule has 0 spiro atoms. The summed E-state index contributed by atoms with van der Waals surface area (Å²) in [4.78, 5) is 0.0626. The Kier molecular flexibility index (Phi) is 4.08. The van der Waals surface area contributed by atoms with Crippen LogP contribution in [0.15, 0.2) is 17.0 Å². The van der Waals surface area contributed by atoms with Gasteiger partial charge in [0.15, 0.2) is 0 Å². The van der Waals surface area contributed by atoms with Crippen LogP contribution in [0, 0.1) is 25.1 Å². The van der Waals surface area contributed by atoms with Crippen LogP contribution in [0.4, 0.5) is 4.39 Å². The fraction of sp³-hybridized carbons (Fsp3) is 0.364. The molecule has 0 aliphatic heterocycles. The van der Waals surface area contributed by atoms with Crippen molar-refractivity contribution in [2.45, 2.75) is 18.7 Å². The second-order valence-corrected chi connectivity index (χ2v) is 6.14. The second-order valence-electron chi connectivity index (χ2n) is 4.16. The van der Waals surface area contributed by atoms with Crippen LogP contribution < -0.4 is 5.73 Å². The van der Waals surface area contributed by atoms with Gasteiger partial charge < -0.3 is 5.73 Å². The number of likely N-dealkylation sites (N-methyl/N-ethyl adjacent to an activating group) is 1. The largest absolute Gasteiger partial charge is 0.387 e. The van der Waals surface area contributed by atoms with Crippen molar-refractivity contribution in [1.82, 2.24) is 4.31 Å². The highest BCUT2D eigenvalue weighted by molar-refractivity contribution is 7.89. The maximum atomic E-state index is 13.1. The van der Waals surface area contributed by atoms with Crippen LogP contribution in [0.25, 0.3) is 0 Å². The smallest absolute Gasteiger partial charge is 0.243 e. The third kappa shape index (κ3) is 2.85. The molecule has 0 bridgehead atoms. The molecule has 1 aromatic rings. The average Bonchev–Trinajstić information content (AvgIpc) is 2.13. The predicted molar refractivity (Wildman–Crippen MR) is 67.6 cm³/mol. The highest BCUT2D eigenvalue weighted by Crippen LogP contribution is 2.23. The first-order valence-electron chi connectivity index (χ1n) is 5.22. The van der Waals surface area contributed by atoms with Crippen molar-refractivity contribution in [3.05, 3.63) is 29.1 Å². The standard InChI is InChI=1S/C11H16FN3O2S/c1-7-4-9(12)5-8(2)11(7)18(16,17)15(3)6-10(13)14/h4-5H,6H2,1-3H3,(H3,13,14). The van der Waals surface area contributed by atoms with E-state index in [4.69, 9.17) is 11.1 Å². The van der Waals surface area contributed by atoms with Gasteiger partial charge in [0.25, 0.3) is 0 Å². The Bertz CT molecular complexity index is 561. The average molecular weight is 273 g/mol. The van der Waals surface area contributed by atoms with Crippen LogP contribution in [-0.2, 0) is 10.0 Å². The zero-order valence-corrected chi connectivity index (χ0v) is 11.3. The van der Waals surface area contributed by atoms with E-state index in [-0.39, 0.29) is 17.3 Å². The quantitative estimate of drug-likeness (QED) is 0.633. The molecule has 0 unspecified atom stereocenters. The van der Waals surface area contributed by atoms with Gasteiger partial charge in [-0.3, -0.25) is 5.41 Å². The van der Waals surface area contributed by atoms with Gasteiger partial charge in [-0.15, -0.1) is 0 Å². The van der Waals surface area contributed by atoms with Crippen molar-refractivity contribution in [3.63, 3.8) is 0 Å². The lowest BCUT2D eigenvalue weighted by molar-refractivity contribution is 0.502. The Balaban J connectivity index is 3.33. The molecule has 3 N–H and O–H groups in total. The molecule has 1 aromatic carbocycles. The van der Waals surface area contributed by atoms with Crippen LogP contribution in [0.5, 0.6) is 0 Å². The van der Waals surface area contributed by atoms with E-state index in [9.17, 15) is 12.8 Å². The highest BCUT2D eigenvalue weighted by Gasteiger charge is 2.25. The number of hydrogen-bond donors (Lipinski definition) is 2. The van der Waals surface area contributed by atoms with Crippen LogP contribution in [0.3, 0.4) is 0 Å². The SMILES string of the molecule is Cc1cc(F)cc(C)c1S(=O)(=O)N(C)CC(=N)N. The van der Waals surface area contributed by atoms with Crippen molar-refractivity contribution >= 4 is 15.9 Å². The molecule has 100 valence electrons. The zero-order valence-electron chi connectivity index (χ0n) is 10.5. The molecule has 0 aliphatic rings. The number of aryl methyl sites for hydroxylation is 2. The van der Waals surface area contributed by atoms with Gasteiger partial charge in [-0.25, -0.2) is 12.8 Å². The van der Waals surface area contributed by atoms with Gasteiger partial charge in [-0.2, -0.15) is 4.31 Å². The Labute approximate surface area is 106 Å². The summed E-state index contributed by atoms with van der Waals surface area (Å²) in [6, 6.07) is 2.34. The summed E-state index contributed by atoms with van der Waals surface area (Å²) >= 11 is 0. The number of halogens is 1. The minimum atomic E-state index is -3.77. The van der Waals surface area contributed by atoms with E-state index in [2.05, 4.69) is 0 Å². The van der Waals surface area contributed by atoms with Crippen molar-refractivity contribution in [2.24, 2.45) is 5.73 Å². The molecule has 0 amide bonds. The molecule has 7 heteroatoms. The van der Waals surface area contributed by atoms with E-state index in [1.807, 2.05) is 0 Å². The number of benzene rings is 1. The molecule has 0 saturated carbocycles. The van der Waals surface area contributed by atoms with Gasteiger partial charge in [0, 0.05) is 7.05 Å².